The van der Waals surface area contributed by atoms with Gasteiger partial charge in [-0.25, -0.2) is 9.48 Å². The highest BCUT2D eigenvalue weighted by Crippen LogP contribution is 2.25. The van der Waals surface area contributed by atoms with E-state index in [0.29, 0.717) is 11.5 Å². The number of benzene rings is 3. The molecule has 9 nitrogen and oxygen atoms in total. The van der Waals surface area contributed by atoms with Crippen LogP contribution in [0, 0.1) is 10.1 Å². The Hall–Kier alpha value is -4.50. The fourth-order valence-electron chi connectivity index (χ4n) is 3.16. The van der Waals surface area contributed by atoms with E-state index in [-0.39, 0.29) is 16.3 Å². The molecular weight excluding hydrogens is 460 g/mol. The number of nitro groups is 1. The normalized spacial score (nSPS) is 10.5. The van der Waals surface area contributed by atoms with Gasteiger partial charge >= 0.3 is 5.97 Å². The van der Waals surface area contributed by atoms with Crippen LogP contribution in [0.25, 0.3) is 16.9 Å². The van der Waals surface area contributed by atoms with Crippen LogP contribution in [0.1, 0.15) is 10.4 Å². The summed E-state index contributed by atoms with van der Waals surface area (Å²) in [5, 5.41) is 18.0. The third-order valence-electron chi connectivity index (χ3n) is 4.76. The lowest BCUT2D eigenvalue weighted by molar-refractivity contribution is -0.384. The van der Waals surface area contributed by atoms with Gasteiger partial charge in [0.2, 0.25) is 0 Å². The minimum absolute atomic E-state index is 0.0826. The van der Waals surface area contributed by atoms with Crippen molar-refractivity contribution in [2.75, 3.05) is 11.9 Å². The summed E-state index contributed by atoms with van der Waals surface area (Å²) in [6.45, 7) is -0.590. The Morgan fingerprint density at radius 2 is 1.68 bits per heavy atom. The number of nitro benzene ring substituents is 1. The van der Waals surface area contributed by atoms with E-state index in [4.69, 9.17) is 16.3 Å². The van der Waals surface area contributed by atoms with E-state index in [1.165, 1.54) is 6.07 Å². The average Bonchev–Trinajstić information content (AvgIpc) is 3.27. The highest BCUT2D eigenvalue weighted by atomic mass is 35.5. The average molecular weight is 477 g/mol. The molecule has 34 heavy (non-hydrogen) atoms. The third-order valence-corrected chi connectivity index (χ3v) is 5.08. The van der Waals surface area contributed by atoms with Gasteiger partial charge in [-0.2, -0.15) is 5.10 Å². The van der Waals surface area contributed by atoms with Gasteiger partial charge in [-0.1, -0.05) is 60.1 Å². The second-order valence-corrected chi connectivity index (χ2v) is 7.48. The molecule has 4 aromatic rings. The van der Waals surface area contributed by atoms with E-state index in [1.54, 1.807) is 10.7 Å². The number of carbonyl (C=O) groups excluding carboxylic acids is 2. The van der Waals surface area contributed by atoms with Crippen LogP contribution < -0.4 is 5.32 Å². The van der Waals surface area contributed by atoms with Gasteiger partial charge < -0.3 is 10.1 Å². The third kappa shape index (κ3) is 5.11. The first-order valence-corrected chi connectivity index (χ1v) is 10.4. The quantitative estimate of drug-likeness (QED) is 0.230. The molecule has 0 aliphatic rings. The molecule has 0 atom stereocenters. The van der Waals surface area contributed by atoms with Gasteiger partial charge in [0.05, 0.1) is 26.9 Å². The Labute approximate surface area is 198 Å². The molecule has 1 aromatic heterocycles. The predicted molar refractivity (Wildman–Crippen MR) is 126 cm³/mol. The van der Waals surface area contributed by atoms with Gasteiger partial charge in [-0.05, 0) is 18.2 Å². The van der Waals surface area contributed by atoms with Gasteiger partial charge in [0.15, 0.2) is 6.61 Å². The number of amides is 1. The number of ether oxygens (including phenoxy) is 1. The number of rotatable bonds is 7. The highest BCUT2D eigenvalue weighted by molar-refractivity contribution is 6.33. The predicted octanol–water partition coefficient (Wildman–Crippen LogP) is 4.90. The number of para-hydroxylation sites is 1. The first kappa shape index (κ1) is 22.7. The smallest absolute Gasteiger partial charge is 0.340 e. The lowest BCUT2D eigenvalue weighted by Crippen LogP contribution is -2.22. The monoisotopic (exact) mass is 476 g/mol. The fourth-order valence-corrected chi connectivity index (χ4v) is 3.41. The number of carbonyl (C=O) groups is 2. The maximum absolute atomic E-state index is 12.6. The van der Waals surface area contributed by atoms with Crippen LogP contribution in [0.4, 0.5) is 11.5 Å². The van der Waals surface area contributed by atoms with E-state index in [9.17, 15) is 19.7 Å². The van der Waals surface area contributed by atoms with Crippen molar-refractivity contribution in [1.82, 2.24) is 9.78 Å². The Bertz CT molecular complexity index is 1360. The van der Waals surface area contributed by atoms with E-state index >= 15 is 0 Å². The minimum atomic E-state index is -0.878. The summed E-state index contributed by atoms with van der Waals surface area (Å²) in [4.78, 5) is 35.0. The van der Waals surface area contributed by atoms with Crippen molar-refractivity contribution < 1.29 is 19.2 Å². The molecule has 1 heterocycles. The van der Waals surface area contributed by atoms with Gasteiger partial charge in [-0.15, -0.1) is 0 Å². The van der Waals surface area contributed by atoms with Crippen LogP contribution in [0.2, 0.25) is 5.02 Å². The van der Waals surface area contributed by atoms with Crippen molar-refractivity contribution in [2.24, 2.45) is 0 Å². The topological polar surface area (TPSA) is 116 Å². The van der Waals surface area contributed by atoms with Gasteiger partial charge in [0, 0.05) is 23.8 Å². The molecule has 3 aromatic carbocycles. The number of esters is 1. The number of halogens is 1. The van der Waals surface area contributed by atoms with E-state index in [0.717, 1.165) is 23.4 Å². The van der Waals surface area contributed by atoms with E-state index in [1.807, 2.05) is 60.7 Å². The molecule has 1 N–H and O–H groups in total. The Balaban J connectivity index is 1.50. The number of hydrogen-bond donors (Lipinski definition) is 1. The molecule has 0 aliphatic carbocycles. The molecule has 0 saturated carbocycles. The molecule has 4 rings (SSSR count). The number of nitrogens with one attached hydrogen (secondary N) is 1. The lowest BCUT2D eigenvalue weighted by Gasteiger charge is -2.09. The van der Waals surface area contributed by atoms with Gasteiger partial charge in [0.1, 0.15) is 5.82 Å². The van der Waals surface area contributed by atoms with Crippen LogP contribution in [-0.2, 0) is 9.53 Å². The molecule has 0 aliphatic heterocycles. The number of nitrogens with zero attached hydrogens (tertiary/aromatic N) is 3. The fraction of sp³-hybridized carbons (Fsp3) is 0.0417. The van der Waals surface area contributed by atoms with Crippen molar-refractivity contribution >= 4 is 35.0 Å². The Kier molecular flexibility index (Phi) is 6.65. The van der Waals surface area contributed by atoms with Crippen LogP contribution >= 0.6 is 11.6 Å². The van der Waals surface area contributed by atoms with Crippen LogP contribution in [0.5, 0.6) is 0 Å². The first-order chi connectivity index (χ1) is 16.4. The summed E-state index contributed by atoms with van der Waals surface area (Å²) in [6.07, 6.45) is 0. The van der Waals surface area contributed by atoms with Crippen molar-refractivity contribution in [1.29, 1.82) is 0 Å². The Morgan fingerprint density at radius 1 is 1.00 bits per heavy atom. The zero-order valence-electron chi connectivity index (χ0n) is 17.6. The maximum Gasteiger partial charge on any atom is 0.340 e. The molecule has 0 unspecified atom stereocenters. The van der Waals surface area contributed by atoms with Crippen LogP contribution in [0.15, 0.2) is 84.9 Å². The molecule has 170 valence electrons. The van der Waals surface area contributed by atoms with Crippen LogP contribution in [0.3, 0.4) is 0 Å². The van der Waals surface area contributed by atoms with Crippen molar-refractivity contribution in [3.63, 3.8) is 0 Å². The molecule has 0 fully saturated rings. The summed E-state index contributed by atoms with van der Waals surface area (Å²) < 4.78 is 6.62. The summed E-state index contributed by atoms with van der Waals surface area (Å²) in [5.74, 6) is -1.08. The molecule has 0 bridgehead atoms. The summed E-state index contributed by atoms with van der Waals surface area (Å²) in [5.41, 5.74) is 1.90. The Morgan fingerprint density at radius 3 is 2.32 bits per heavy atom. The van der Waals surface area contributed by atoms with E-state index in [2.05, 4.69) is 10.4 Å². The van der Waals surface area contributed by atoms with Crippen molar-refractivity contribution in [3.05, 3.63) is 106 Å². The molecule has 1 amide bonds. The maximum atomic E-state index is 12.6. The number of hydrogen-bond acceptors (Lipinski definition) is 6. The van der Waals surface area contributed by atoms with Crippen molar-refractivity contribution in [2.45, 2.75) is 0 Å². The molecule has 0 spiro atoms. The first-order valence-electron chi connectivity index (χ1n) is 10.0. The van der Waals surface area contributed by atoms with Crippen molar-refractivity contribution in [3.8, 4) is 16.9 Å². The second kappa shape index (κ2) is 9.97. The summed E-state index contributed by atoms with van der Waals surface area (Å²) in [7, 11) is 0. The molecular formula is C24H17ClN4O5. The van der Waals surface area contributed by atoms with Gasteiger partial charge in [-0.3, -0.25) is 14.9 Å². The number of non-ortho nitro benzene ring substituents is 1. The zero-order chi connectivity index (χ0) is 24.1. The summed E-state index contributed by atoms with van der Waals surface area (Å²) >= 11 is 5.95. The standard InChI is InChI=1S/C24H17ClN4O5/c25-20-13-18(29(32)33)11-12-19(20)24(31)34-15-23(30)26-22-14-21(16-7-3-1-4-8-16)27-28(22)17-9-5-2-6-10-17/h1-14H,15H2,(H,26,30). The summed E-state index contributed by atoms with van der Waals surface area (Å²) in [6, 6.07) is 23.8. The number of aromatic nitrogens is 2. The number of anilines is 1. The molecule has 10 heteroatoms. The minimum Gasteiger partial charge on any atom is -0.452 e. The van der Waals surface area contributed by atoms with Crippen LogP contribution in [-0.4, -0.2) is 33.2 Å². The molecule has 0 radical (unpaired) electrons. The van der Waals surface area contributed by atoms with Gasteiger partial charge in [0.25, 0.3) is 11.6 Å². The zero-order valence-corrected chi connectivity index (χ0v) is 18.3. The molecule has 0 saturated heterocycles. The van der Waals surface area contributed by atoms with E-state index < -0.39 is 23.4 Å². The SMILES string of the molecule is O=C(COC(=O)c1ccc([N+](=O)[O-])cc1Cl)Nc1cc(-c2ccccc2)nn1-c1ccccc1. The lowest BCUT2D eigenvalue weighted by atomic mass is 10.2. The largest absolute Gasteiger partial charge is 0.452 e. The highest BCUT2D eigenvalue weighted by Gasteiger charge is 2.19. The second-order valence-electron chi connectivity index (χ2n) is 7.07.